The van der Waals surface area contributed by atoms with Gasteiger partial charge in [-0.2, -0.15) is 10.1 Å². The van der Waals surface area contributed by atoms with E-state index in [0.29, 0.717) is 42.4 Å². The lowest BCUT2D eigenvalue weighted by molar-refractivity contribution is -0.116. The Balaban J connectivity index is 1.38. The topological polar surface area (TPSA) is 135 Å². The van der Waals surface area contributed by atoms with Crippen LogP contribution in [0.2, 0.25) is 0 Å². The number of benzene rings is 1. The van der Waals surface area contributed by atoms with Crippen molar-refractivity contribution >= 4 is 50.1 Å². The van der Waals surface area contributed by atoms with Crippen molar-refractivity contribution in [1.82, 2.24) is 24.7 Å². The van der Waals surface area contributed by atoms with E-state index in [4.69, 9.17) is 0 Å². The number of aryl methyl sites for hydroxylation is 1. The van der Waals surface area contributed by atoms with Crippen molar-refractivity contribution in [3.8, 4) is 0 Å². The van der Waals surface area contributed by atoms with Crippen molar-refractivity contribution in [3.05, 3.63) is 60.0 Å². The van der Waals surface area contributed by atoms with Crippen molar-refractivity contribution in [1.29, 1.82) is 0 Å². The molecule has 0 radical (unpaired) electrons. The lowest BCUT2D eigenvalue weighted by Crippen LogP contribution is -2.27. The minimum Gasteiger partial charge on any atom is -0.326 e. The summed E-state index contributed by atoms with van der Waals surface area (Å²) < 4.78 is 26.8. The third-order valence-corrected chi connectivity index (χ3v) is 6.73. The second kappa shape index (κ2) is 8.37. The second-order valence-electron chi connectivity index (χ2n) is 8.06. The Morgan fingerprint density at radius 3 is 2.88 bits per heavy atom. The molecule has 3 aromatic heterocycles. The summed E-state index contributed by atoms with van der Waals surface area (Å²) in [5.74, 6) is 0.775. The van der Waals surface area contributed by atoms with Gasteiger partial charge in [0.2, 0.25) is 21.9 Å². The van der Waals surface area contributed by atoms with E-state index in [0.717, 1.165) is 32.9 Å². The number of anilines is 4. The molecule has 0 saturated heterocycles. The molecule has 1 aliphatic heterocycles. The van der Waals surface area contributed by atoms with Gasteiger partial charge in [-0.05, 0) is 36.2 Å². The highest BCUT2D eigenvalue weighted by atomic mass is 32.2. The average molecular weight is 479 g/mol. The van der Waals surface area contributed by atoms with E-state index in [1.54, 1.807) is 29.3 Å². The molecule has 0 fully saturated rings. The molecule has 0 atom stereocenters. The highest BCUT2D eigenvalue weighted by Crippen LogP contribution is 2.27. The predicted molar refractivity (Wildman–Crippen MR) is 129 cm³/mol. The Labute approximate surface area is 195 Å². The number of pyridine rings is 1. The number of fused-ring (bicyclic) bond motifs is 2. The number of rotatable bonds is 6. The first-order chi connectivity index (χ1) is 16.3. The summed E-state index contributed by atoms with van der Waals surface area (Å²) in [6, 6.07) is 9.26. The third-order valence-electron chi connectivity index (χ3n) is 5.56. The van der Waals surface area contributed by atoms with Gasteiger partial charge in [0.1, 0.15) is 5.82 Å². The van der Waals surface area contributed by atoms with Crippen LogP contribution in [0.3, 0.4) is 0 Å². The first-order valence-electron chi connectivity index (χ1n) is 10.5. The van der Waals surface area contributed by atoms with E-state index in [2.05, 4.69) is 30.7 Å². The van der Waals surface area contributed by atoms with Gasteiger partial charge in [-0.25, -0.2) is 18.4 Å². The Hall–Kier alpha value is -4.06. The molecular weight excluding hydrogens is 456 g/mol. The van der Waals surface area contributed by atoms with E-state index in [-0.39, 0.29) is 5.91 Å². The number of sulfonamides is 1. The van der Waals surface area contributed by atoms with Crippen molar-refractivity contribution in [2.45, 2.75) is 19.4 Å². The Bertz CT molecular complexity index is 1520. The van der Waals surface area contributed by atoms with Crippen LogP contribution in [0, 0.1) is 0 Å². The lowest BCUT2D eigenvalue weighted by Gasteiger charge is -2.18. The molecule has 12 heteroatoms. The molecule has 2 N–H and O–H groups in total. The molecule has 5 rings (SSSR count). The smallest absolute Gasteiger partial charge is 0.233 e. The van der Waals surface area contributed by atoms with Crippen molar-refractivity contribution in [3.63, 3.8) is 0 Å². The first-order valence-corrected chi connectivity index (χ1v) is 12.4. The largest absolute Gasteiger partial charge is 0.326 e. The highest BCUT2D eigenvalue weighted by Gasteiger charge is 2.18. The molecule has 0 aliphatic carbocycles. The molecule has 0 bridgehead atoms. The van der Waals surface area contributed by atoms with Crippen molar-refractivity contribution in [2.75, 3.05) is 28.2 Å². The second-order valence-corrected chi connectivity index (χ2v) is 10.1. The van der Waals surface area contributed by atoms with Gasteiger partial charge in [0.15, 0.2) is 5.65 Å². The normalized spacial score (nSPS) is 13.4. The summed E-state index contributed by atoms with van der Waals surface area (Å²) in [6.07, 6.45) is 7.33. The Morgan fingerprint density at radius 2 is 2.06 bits per heavy atom. The van der Waals surface area contributed by atoms with E-state index in [1.807, 2.05) is 24.3 Å². The Kier molecular flexibility index (Phi) is 5.36. The molecule has 0 saturated carbocycles. The van der Waals surface area contributed by atoms with Crippen LogP contribution in [0.4, 0.5) is 23.1 Å². The zero-order valence-electron chi connectivity index (χ0n) is 18.6. The standard InChI is InChI=1S/C22H22N8O3S/c1-29(34(2,32)33)21-15(4-3-9-23-21)12-30-13-16-11-24-22(27-20(16)28-30)25-17-6-7-18-14(10-17)5-8-19(31)26-18/h3-4,6-7,9-11,13H,5,8,12H2,1-2H3,(H,26,31)(H,25,27,28). The number of nitrogens with one attached hydrogen (secondary N) is 2. The van der Waals surface area contributed by atoms with Gasteiger partial charge < -0.3 is 10.6 Å². The molecule has 174 valence electrons. The van der Waals surface area contributed by atoms with Crippen LogP contribution in [-0.4, -0.2) is 52.4 Å². The highest BCUT2D eigenvalue weighted by molar-refractivity contribution is 7.92. The molecular formula is C22H22N8O3S. The zero-order valence-corrected chi connectivity index (χ0v) is 19.4. The molecule has 0 spiro atoms. The van der Waals surface area contributed by atoms with E-state index in [9.17, 15) is 13.2 Å². The number of nitrogens with zero attached hydrogens (tertiary/aromatic N) is 6. The molecule has 4 aromatic rings. The SMILES string of the molecule is CN(c1ncccc1Cn1cc2cnc(Nc3ccc4c(c3)CCC(=O)N4)nc2n1)S(C)(=O)=O. The van der Waals surface area contributed by atoms with E-state index in [1.165, 1.54) is 7.05 Å². The van der Waals surface area contributed by atoms with Crippen LogP contribution in [0.15, 0.2) is 48.9 Å². The minimum absolute atomic E-state index is 0.0268. The average Bonchev–Trinajstić information content (AvgIpc) is 3.20. The molecule has 1 amide bonds. The van der Waals surface area contributed by atoms with E-state index < -0.39 is 10.0 Å². The fraction of sp³-hybridized carbons (Fsp3) is 0.227. The fourth-order valence-electron chi connectivity index (χ4n) is 3.76. The number of amides is 1. The van der Waals surface area contributed by atoms with Crippen LogP contribution in [0.5, 0.6) is 0 Å². The molecule has 4 heterocycles. The number of carbonyl (C=O) groups excluding carboxylic acids is 1. The van der Waals surface area contributed by atoms with Crippen LogP contribution >= 0.6 is 0 Å². The quantitative estimate of drug-likeness (QED) is 0.431. The maximum atomic E-state index is 12.0. The van der Waals surface area contributed by atoms with Crippen molar-refractivity contribution < 1.29 is 13.2 Å². The maximum Gasteiger partial charge on any atom is 0.233 e. The van der Waals surface area contributed by atoms with Crippen molar-refractivity contribution in [2.24, 2.45) is 0 Å². The number of aromatic nitrogens is 5. The third kappa shape index (κ3) is 4.39. The molecule has 0 unspecified atom stereocenters. The molecule has 11 nitrogen and oxygen atoms in total. The summed E-state index contributed by atoms with van der Waals surface area (Å²) in [5.41, 5.74) is 3.91. The molecule has 34 heavy (non-hydrogen) atoms. The summed E-state index contributed by atoms with van der Waals surface area (Å²) in [6.45, 7) is 0.318. The van der Waals surface area contributed by atoms with Crippen LogP contribution < -0.4 is 14.9 Å². The van der Waals surface area contributed by atoms with Gasteiger partial charge in [0.25, 0.3) is 0 Å². The summed E-state index contributed by atoms with van der Waals surface area (Å²) in [5, 5.41) is 11.3. The van der Waals surface area contributed by atoms with E-state index >= 15 is 0 Å². The summed E-state index contributed by atoms with van der Waals surface area (Å²) >= 11 is 0. The Morgan fingerprint density at radius 1 is 1.21 bits per heavy atom. The van der Waals surface area contributed by atoms with Gasteiger partial charge in [-0.15, -0.1) is 0 Å². The molecule has 1 aromatic carbocycles. The van der Waals surface area contributed by atoms with Gasteiger partial charge in [0.05, 0.1) is 18.2 Å². The fourth-order valence-corrected chi connectivity index (χ4v) is 4.24. The maximum absolute atomic E-state index is 12.0. The molecule has 1 aliphatic rings. The zero-order chi connectivity index (χ0) is 23.9. The van der Waals surface area contributed by atoms with Crippen LogP contribution in [0.1, 0.15) is 17.5 Å². The lowest BCUT2D eigenvalue weighted by atomic mass is 10.0. The van der Waals surface area contributed by atoms with Crippen LogP contribution in [-0.2, 0) is 27.8 Å². The van der Waals surface area contributed by atoms with Gasteiger partial charge in [-0.1, -0.05) is 6.07 Å². The number of hydrogen-bond donors (Lipinski definition) is 2. The van der Waals surface area contributed by atoms with Gasteiger partial charge >= 0.3 is 0 Å². The minimum atomic E-state index is -3.45. The summed E-state index contributed by atoms with van der Waals surface area (Å²) in [4.78, 5) is 24.7. The number of hydrogen-bond acceptors (Lipinski definition) is 8. The summed E-state index contributed by atoms with van der Waals surface area (Å²) in [7, 11) is -1.98. The number of carbonyl (C=O) groups is 1. The van der Waals surface area contributed by atoms with Gasteiger partial charge in [-0.3, -0.25) is 13.8 Å². The van der Waals surface area contributed by atoms with Crippen LogP contribution in [0.25, 0.3) is 11.0 Å². The van der Waals surface area contributed by atoms with Gasteiger partial charge in [0, 0.05) is 49.0 Å². The monoisotopic (exact) mass is 478 g/mol. The first kappa shape index (κ1) is 21.8. The predicted octanol–water partition coefficient (Wildman–Crippen LogP) is 2.29.